The molecule has 29 heavy (non-hydrogen) atoms. The molecule has 2 amide bonds. The number of fused-ring (bicyclic) bond motifs is 5. The quantitative estimate of drug-likeness (QED) is 0.769. The highest BCUT2D eigenvalue weighted by Crippen LogP contribution is 2.42. The molecule has 7 heteroatoms. The number of para-hydroxylation sites is 1. The minimum Gasteiger partial charge on any atom is -0.387 e. The molecule has 0 bridgehead atoms. The Balaban J connectivity index is 1.69. The SMILES string of the molecule is CO[C@@]12C(=O)N3/C=C\C(C)(C)c4[nH]c5ccccc5c4C[C@H]3C(=O)N1CC[C@H]2O. The molecule has 5 rings (SSSR count). The van der Waals surface area contributed by atoms with Crippen LogP contribution in [0.15, 0.2) is 36.5 Å². The Morgan fingerprint density at radius 3 is 2.76 bits per heavy atom. The van der Waals surface area contributed by atoms with Crippen molar-refractivity contribution >= 4 is 22.7 Å². The van der Waals surface area contributed by atoms with Crippen LogP contribution in [0.5, 0.6) is 0 Å². The fourth-order valence-electron chi connectivity index (χ4n) is 5.15. The first-order valence-corrected chi connectivity index (χ1v) is 9.98. The Hall–Kier alpha value is -2.64. The molecule has 4 heterocycles. The van der Waals surface area contributed by atoms with Gasteiger partial charge in [0.15, 0.2) is 0 Å². The van der Waals surface area contributed by atoms with Gasteiger partial charge in [0.25, 0.3) is 11.6 Å². The fraction of sp³-hybridized carbons (Fsp3) is 0.455. The van der Waals surface area contributed by atoms with Gasteiger partial charge in [0, 0.05) is 48.3 Å². The average Bonchev–Trinajstić information content (AvgIpc) is 3.24. The van der Waals surface area contributed by atoms with Crippen molar-refractivity contribution in [2.24, 2.45) is 0 Å². The lowest BCUT2D eigenvalue weighted by molar-refractivity contribution is -0.210. The molecule has 7 nitrogen and oxygen atoms in total. The molecule has 2 fully saturated rings. The van der Waals surface area contributed by atoms with E-state index >= 15 is 0 Å². The highest BCUT2D eigenvalue weighted by molar-refractivity contribution is 6.01. The van der Waals surface area contributed by atoms with Crippen molar-refractivity contribution in [2.75, 3.05) is 13.7 Å². The summed E-state index contributed by atoms with van der Waals surface area (Å²) in [6.07, 6.45) is 3.32. The number of rotatable bonds is 1. The lowest BCUT2D eigenvalue weighted by atomic mass is 9.82. The second-order valence-corrected chi connectivity index (χ2v) is 8.69. The van der Waals surface area contributed by atoms with Gasteiger partial charge in [0.1, 0.15) is 12.1 Å². The highest BCUT2D eigenvalue weighted by atomic mass is 16.5. The standard InChI is InChI=1S/C22H25N3O4/c1-21(2)9-11-24-16(12-14-13-6-4-5-7-15(13)23-18(14)21)19(27)25-10-8-17(26)22(25,29-3)20(24)28/h4-7,9,11,16-17,23,26H,8,10,12H2,1-3H3/b11-9-/t16-,17+,22-/m0/s1. The van der Waals surface area contributed by atoms with Crippen molar-refractivity contribution in [2.45, 2.75) is 50.0 Å². The molecule has 3 aliphatic rings. The van der Waals surface area contributed by atoms with Gasteiger partial charge >= 0.3 is 0 Å². The van der Waals surface area contributed by atoms with Crippen molar-refractivity contribution in [1.82, 2.24) is 14.8 Å². The molecule has 1 aromatic heterocycles. The molecule has 2 saturated heterocycles. The van der Waals surface area contributed by atoms with Crippen molar-refractivity contribution < 1.29 is 19.4 Å². The Morgan fingerprint density at radius 1 is 1.24 bits per heavy atom. The predicted octanol–water partition coefficient (Wildman–Crippen LogP) is 1.66. The van der Waals surface area contributed by atoms with Gasteiger partial charge in [-0.15, -0.1) is 0 Å². The number of aliphatic hydroxyl groups excluding tert-OH is 1. The third-order valence-corrected chi connectivity index (χ3v) is 6.73. The molecule has 0 spiro atoms. The summed E-state index contributed by atoms with van der Waals surface area (Å²) in [6, 6.07) is 7.37. The van der Waals surface area contributed by atoms with Crippen LogP contribution in [0, 0.1) is 0 Å². The van der Waals surface area contributed by atoms with Crippen molar-refractivity contribution in [1.29, 1.82) is 0 Å². The number of H-pyrrole nitrogens is 1. The molecular formula is C22H25N3O4. The van der Waals surface area contributed by atoms with E-state index in [1.807, 2.05) is 30.3 Å². The number of aromatic nitrogens is 1. The van der Waals surface area contributed by atoms with Crippen LogP contribution >= 0.6 is 0 Å². The van der Waals surface area contributed by atoms with Crippen LogP contribution in [-0.4, -0.2) is 63.2 Å². The number of aromatic amines is 1. The van der Waals surface area contributed by atoms with Gasteiger partial charge in [-0.2, -0.15) is 0 Å². The number of hydrogen-bond acceptors (Lipinski definition) is 4. The van der Waals surface area contributed by atoms with E-state index in [9.17, 15) is 14.7 Å². The van der Waals surface area contributed by atoms with E-state index in [0.29, 0.717) is 19.4 Å². The maximum Gasteiger partial charge on any atom is 0.283 e. The molecular weight excluding hydrogens is 370 g/mol. The van der Waals surface area contributed by atoms with E-state index in [4.69, 9.17) is 4.74 Å². The molecule has 3 aliphatic heterocycles. The second kappa shape index (κ2) is 5.93. The first-order chi connectivity index (χ1) is 13.8. The molecule has 152 valence electrons. The van der Waals surface area contributed by atoms with Crippen LogP contribution in [0.4, 0.5) is 0 Å². The van der Waals surface area contributed by atoms with Crippen LogP contribution in [0.3, 0.4) is 0 Å². The molecule has 2 aromatic rings. The average molecular weight is 395 g/mol. The minimum atomic E-state index is -1.63. The summed E-state index contributed by atoms with van der Waals surface area (Å²) in [5.74, 6) is -0.575. The first-order valence-electron chi connectivity index (χ1n) is 9.98. The first kappa shape index (κ1) is 18.4. The van der Waals surface area contributed by atoms with E-state index in [2.05, 4.69) is 18.8 Å². The minimum absolute atomic E-state index is 0.191. The highest BCUT2D eigenvalue weighted by Gasteiger charge is 2.63. The van der Waals surface area contributed by atoms with Crippen molar-refractivity contribution in [3.63, 3.8) is 0 Å². The van der Waals surface area contributed by atoms with Crippen molar-refractivity contribution in [3.05, 3.63) is 47.8 Å². The third kappa shape index (κ3) is 2.25. The summed E-state index contributed by atoms with van der Waals surface area (Å²) in [4.78, 5) is 33.4. The molecule has 0 aliphatic carbocycles. The van der Waals surface area contributed by atoms with Gasteiger partial charge in [0.05, 0.1) is 0 Å². The van der Waals surface area contributed by atoms with Crippen molar-refractivity contribution in [3.8, 4) is 0 Å². The normalized spacial score (nSPS) is 31.9. The van der Waals surface area contributed by atoms with E-state index in [1.165, 1.54) is 16.9 Å². The third-order valence-electron chi connectivity index (χ3n) is 6.73. The number of nitrogens with zero attached hydrogens (tertiary/aromatic N) is 2. The summed E-state index contributed by atoms with van der Waals surface area (Å²) in [5, 5.41) is 11.6. The zero-order valence-corrected chi connectivity index (χ0v) is 16.8. The summed E-state index contributed by atoms with van der Waals surface area (Å²) in [7, 11) is 1.38. The van der Waals surface area contributed by atoms with Gasteiger partial charge in [-0.25, -0.2) is 0 Å². The zero-order valence-electron chi connectivity index (χ0n) is 16.8. The lowest BCUT2D eigenvalue weighted by Gasteiger charge is -2.48. The van der Waals surface area contributed by atoms with Gasteiger partial charge in [-0.1, -0.05) is 38.1 Å². The molecule has 1 aromatic carbocycles. The van der Waals surface area contributed by atoms with E-state index < -0.39 is 17.9 Å². The lowest BCUT2D eigenvalue weighted by Crippen LogP contribution is -2.72. The molecule has 0 radical (unpaired) electrons. The molecule has 0 saturated carbocycles. The maximum atomic E-state index is 13.5. The van der Waals surface area contributed by atoms with E-state index in [1.54, 1.807) is 6.20 Å². The molecule has 2 N–H and O–H groups in total. The van der Waals surface area contributed by atoms with Crippen LogP contribution < -0.4 is 0 Å². The second-order valence-electron chi connectivity index (χ2n) is 8.69. The van der Waals surface area contributed by atoms with Gasteiger partial charge in [-0.05, 0) is 18.1 Å². The fourth-order valence-corrected chi connectivity index (χ4v) is 5.15. The largest absolute Gasteiger partial charge is 0.387 e. The number of benzene rings is 1. The van der Waals surface area contributed by atoms with Crippen LogP contribution in [-0.2, 0) is 26.2 Å². The van der Waals surface area contributed by atoms with Gasteiger partial charge in [0.2, 0.25) is 5.91 Å². The van der Waals surface area contributed by atoms with Crippen LogP contribution in [0.1, 0.15) is 31.5 Å². The monoisotopic (exact) mass is 395 g/mol. The number of amides is 2. The number of hydrogen-bond donors (Lipinski definition) is 2. The van der Waals surface area contributed by atoms with Gasteiger partial charge < -0.3 is 24.6 Å². The van der Waals surface area contributed by atoms with Gasteiger partial charge in [-0.3, -0.25) is 9.59 Å². The Bertz CT molecular complexity index is 1060. The Morgan fingerprint density at radius 2 is 2.00 bits per heavy atom. The Kier molecular flexibility index (Phi) is 3.76. The summed E-state index contributed by atoms with van der Waals surface area (Å²) >= 11 is 0. The van der Waals surface area contributed by atoms with E-state index in [-0.39, 0.29) is 17.2 Å². The number of aliphatic hydroxyl groups is 1. The van der Waals surface area contributed by atoms with E-state index in [0.717, 1.165) is 22.2 Å². The summed E-state index contributed by atoms with van der Waals surface area (Å²) in [6.45, 7) is 4.47. The number of ether oxygens (including phenoxy) is 1. The molecule has 0 unspecified atom stereocenters. The summed E-state index contributed by atoms with van der Waals surface area (Å²) < 4.78 is 5.52. The Labute approximate surface area is 168 Å². The van der Waals surface area contributed by atoms with Crippen LogP contribution in [0.2, 0.25) is 0 Å². The zero-order chi connectivity index (χ0) is 20.6. The number of methoxy groups -OCH3 is 1. The summed E-state index contributed by atoms with van der Waals surface area (Å²) in [5.41, 5.74) is 1.12. The predicted molar refractivity (Wildman–Crippen MR) is 107 cm³/mol. The number of carbonyl (C=O) groups is 2. The topological polar surface area (TPSA) is 85.9 Å². The number of carbonyl (C=O) groups excluding carboxylic acids is 2. The smallest absolute Gasteiger partial charge is 0.283 e. The number of nitrogens with one attached hydrogen (secondary N) is 1. The molecule has 3 atom stereocenters. The van der Waals surface area contributed by atoms with Crippen LogP contribution in [0.25, 0.3) is 10.9 Å². The maximum absolute atomic E-state index is 13.5. The number of piperazine rings is 1. The number of allylic oxidation sites excluding steroid dienone is 1.